The van der Waals surface area contributed by atoms with E-state index in [4.69, 9.17) is 4.98 Å². The smallest absolute Gasteiger partial charge is 0.303 e. The third-order valence-electron chi connectivity index (χ3n) is 9.77. The first-order valence-corrected chi connectivity index (χ1v) is 15.4. The number of carbonyl (C=O) groups excluding carboxylic acids is 1. The maximum absolute atomic E-state index is 13.7. The summed E-state index contributed by atoms with van der Waals surface area (Å²) in [6.07, 6.45) is 13.0. The molecule has 6 fully saturated rings. The van der Waals surface area contributed by atoms with Gasteiger partial charge in [-0.05, 0) is 93.6 Å². The van der Waals surface area contributed by atoms with Gasteiger partial charge in [0.05, 0.1) is 11.2 Å². The number of rotatable bonds is 7. The van der Waals surface area contributed by atoms with E-state index in [1.54, 1.807) is 11.8 Å². The second-order valence-electron chi connectivity index (χ2n) is 12.6. The van der Waals surface area contributed by atoms with Gasteiger partial charge in [-0.3, -0.25) is 9.59 Å². The van der Waals surface area contributed by atoms with Crippen molar-refractivity contribution in [3.05, 3.63) is 17.7 Å². The minimum Gasteiger partial charge on any atom is -0.481 e. The van der Waals surface area contributed by atoms with Crippen molar-refractivity contribution in [2.75, 3.05) is 18.0 Å². The predicted molar refractivity (Wildman–Crippen MR) is 144 cm³/mol. The summed E-state index contributed by atoms with van der Waals surface area (Å²) in [6, 6.07) is 4.06. The van der Waals surface area contributed by atoms with Crippen LogP contribution in [0.25, 0.3) is 0 Å². The molecule has 3 N–H and O–H groups in total. The molecule has 0 spiro atoms. The molecule has 37 heavy (non-hydrogen) atoms. The van der Waals surface area contributed by atoms with Crippen LogP contribution in [0.5, 0.6) is 0 Å². The Morgan fingerprint density at radius 3 is 2.51 bits per heavy atom. The predicted octanol–water partition coefficient (Wildman–Crippen LogP) is 4.87. The quantitative estimate of drug-likeness (QED) is 0.465. The number of carboxylic acids is 1. The molecule has 1 aromatic heterocycles. The summed E-state index contributed by atoms with van der Waals surface area (Å²) < 4.78 is 0. The van der Waals surface area contributed by atoms with Crippen molar-refractivity contribution in [2.24, 2.45) is 23.7 Å². The van der Waals surface area contributed by atoms with Crippen LogP contribution in [-0.2, 0) is 4.79 Å². The van der Waals surface area contributed by atoms with E-state index < -0.39 is 11.6 Å². The van der Waals surface area contributed by atoms with Crippen LogP contribution in [0.1, 0.15) is 93.8 Å². The Labute approximate surface area is 224 Å². The number of thioether (sulfide) groups is 1. The van der Waals surface area contributed by atoms with E-state index in [1.807, 2.05) is 12.1 Å². The van der Waals surface area contributed by atoms with Gasteiger partial charge >= 0.3 is 5.97 Å². The molecule has 2 heterocycles. The van der Waals surface area contributed by atoms with E-state index in [2.05, 4.69) is 10.2 Å². The molecule has 1 aliphatic heterocycles. The van der Waals surface area contributed by atoms with Gasteiger partial charge in [0.15, 0.2) is 0 Å². The number of hydrogen-bond acceptors (Lipinski definition) is 6. The largest absolute Gasteiger partial charge is 0.481 e. The van der Waals surface area contributed by atoms with E-state index in [1.165, 1.54) is 19.3 Å². The number of aromatic nitrogens is 1. The third kappa shape index (κ3) is 5.51. The Bertz CT molecular complexity index is 1010. The molecular weight excluding hydrogens is 486 g/mol. The molecule has 0 aromatic carbocycles. The fourth-order valence-electron chi connectivity index (χ4n) is 8.34. The number of nitrogens with one attached hydrogen (secondary N) is 1. The zero-order valence-electron chi connectivity index (χ0n) is 21.7. The first kappa shape index (κ1) is 25.5. The first-order chi connectivity index (χ1) is 17.8. The molecule has 8 heteroatoms. The molecule has 3 atom stereocenters. The second-order valence-corrected chi connectivity index (χ2v) is 13.9. The van der Waals surface area contributed by atoms with Crippen molar-refractivity contribution in [3.63, 3.8) is 0 Å². The van der Waals surface area contributed by atoms with Crippen LogP contribution >= 0.6 is 11.8 Å². The van der Waals surface area contributed by atoms with E-state index >= 15 is 0 Å². The van der Waals surface area contributed by atoms with E-state index in [0.717, 1.165) is 75.2 Å². The van der Waals surface area contributed by atoms with Gasteiger partial charge in [0.1, 0.15) is 10.8 Å². The number of piperidine rings is 1. The Morgan fingerprint density at radius 1 is 1.05 bits per heavy atom. The lowest BCUT2D eigenvalue weighted by atomic mass is 9.52. The maximum atomic E-state index is 13.7. The minimum atomic E-state index is -0.739. The number of pyridine rings is 1. The Hall–Kier alpha value is -1.80. The molecule has 1 saturated heterocycles. The third-order valence-corrected chi connectivity index (χ3v) is 11.1. The molecule has 7 nitrogen and oxygen atoms in total. The van der Waals surface area contributed by atoms with Gasteiger partial charge in [-0.15, -0.1) is 11.8 Å². The SMILES string of the molecule is O=C(O)C[C@@H]1CCCN(c2ccc(C(=O)N[C@H]3C4CC5CC3C[C@@](O)(C5)C4)c(SC3CCCCC3)n2)C1. The molecule has 2 unspecified atom stereocenters. The lowest BCUT2D eigenvalue weighted by Crippen LogP contribution is -2.61. The van der Waals surface area contributed by atoms with Crippen molar-refractivity contribution in [1.82, 2.24) is 10.3 Å². The van der Waals surface area contributed by atoms with E-state index in [9.17, 15) is 19.8 Å². The highest BCUT2D eigenvalue weighted by Crippen LogP contribution is 2.55. The van der Waals surface area contributed by atoms with Gasteiger partial charge in [-0.1, -0.05) is 19.3 Å². The van der Waals surface area contributed by atoms with Gasteiger partial charge in [0, 0.05) is 30.8 Å². The van der Waals surface area contributed by atoms with Crippen molar-refractivity contribution < 1.29 is 19.8 Å². The van der Waals surface area contributed by atoms with Crippen molar-refractivity contribution in [2.45, 2.75) is 105 Å². The van der Waals surface area contributed by atoms with Crippen LogP contribution in [0.2, 0.25) is 0 Å². The van der Waals surface area contributed by atoms with Crippen LogP contribution in [0.4, 0.5) is 5.82 Å². The minimum absolute atomic E-state index is 0.0239. The standard InChI is InChI=1S/C29H41N3O4S/c33-25(34)13-18-5-4-10-32(17-18)24-9-8-23(28(30-24)37-22-6-2-1-3-7-22)27(35)31-26-20-11-19-12-21(26)16-29(36,14-19)15-20/h8-9,18-22,26,36H,1-7,10-17H2,(H,31,35)(H,33,34)/t18-,19?,20?,21?,26-,29+/m0/s1. The Morgan fingerprint density at radius 2 is 1.81 bits per heavy atom. The summed E-state index contributed by atoms with van der Waals surface area (Å²) in [5.74, 6) is 1.60. The molecule has 7 rings (SSSR count). The van der Waals surface area contributed by atoms with Crippen LogP contribution in [0, 0.1) is 23.7 Å². The monoisotopic (exact) mass is 527 g/mol. The van der Waals surface area contributed by atoms with E-state index in [-0.39, 0.29) is 24.3 Å². The lowest BCUT2D eigenvalue weighted by molar-refractivity contribution is -0.138. The lowest BCUT2D eigenvalue weighted by Gasteiger charge is -2.58. The fraction of sp³-hybridized carbons (Fsp3) is 0.759. The van der Waals surface area contributed by atoms with Crippen molar-refractivity contribution >= 4 is 29.5 Å². The van der Waals surface area contributed by atoms with Gasteiger partial charge in [-0.2, -0.15) is 0 Å². The molecule has 0 radical (unpaired) electrons. The van der Waals surface area contributed by atoms with Crippen LogP contribution in [-0.4, -0.2) is 57.1 Å². The summed E-state index contributed by atoms with van der Waals surface area (Å²) in [4.78, 5) is 32.3. The van der Waals surface area contributed by atoms with Crippen LogP contribution < -0.4 is 10.2 Å². The molecular formula is C29H41N3O4S. The highest BCUT2D eigenvalue weighted by molar-refractivity contribution is 7.99. The Balaban J connectivity index is 1.22. The normalized spacial score (nSPS) is 35.5. The maximum Gasteiger partial charge on any atom is 0.303 e. The van der Waals surface area contributed by atoms with Crippen LogP contribution in [0.3, 0.4) is 0 Å². The summed E-state index contributed by atoms with van der Waals surface area (Å²) >= 11 is 1.77. The average Bonchev–Trinajstić information content (AvgIpc) is 2.85. The van der Waals surface area contributed by atoms with Crippen molar-refractivity contribution in [1.29, 1.82) is 0 Å². The molecule has 1 aromatic rings. The summed E-state index contributed by atoms with van der Waals surface area (Å²) in [7, 11) is 0. The summed E-state index contributed by atoms with van der Waals surface area (Å²) in [5, 5.41) is 25.0. The number of hydrogen-bond donors (Lipinski definition) is 3. The topological polar surface area (TPSA) is 103 Å². The van der Waals surface area contributed by atoms with E-state index in [0.29, 0.717) is 35.1 Å². The highest BCUT2D eigenvalue weighted by atomic mass is 32.2. The van der Waals surface area contributed by atoms with Gasteiger partial charge in [0.2, 0.25) is 0 Å². The first-order valence-electron chi connectivity index (χ1n) is 14.5. The number of amides is 1. The molecule has 6 aliphatic rings. The fourth-order valence-corrected chi connectivity index (χ4v) is 9.66. The van der Waals surface area contributed by atoms with Crippen molar-refractivity contribution in [3.8, 4) is 0 Å². The highest BCUT2D eigenvalue weighted by Gasteiger charge is 2.55. The number of carboxylic acid groups (broad SMARTS) is 1. The number of carbonyl (C=O) groups is 2. The zero-order valence-corrected chi connectivity index (χ0v) is 22.6. The zero-order chi connectivity index (χ0) is 25.6. The molecule has 5 saturated carbocycles. The molecule has 202 valence electrons. The molecule has 5 aliphatic carbocycles. The average molecular weight is 528 g/mol. The number of aliphatic hydroxyl groups is 1. The van der Waals surface area contributed by atoms with Gasteiger partial charge in [-0.25, -0.2) is 4.98 Å². The summed E-state index contributed by atoms with van der Waals surface area (Å²) in [6.45, 7) is 1.57. The number of nitrogens with zero attached hydrogens (tertiary/aromatic N) is 2. The number of aliphatic carboxylic acids is 1. The van der Waals surface area contributed by atoms with Crippen LogP contribution in [0.15, 0.2) is 17.2 Å². The van der Waals surface area contributed by atoms with Gasteiger partial charge in [0.25, 0.3) is 5.91 Å². The summed E-state index contributed by atoms with van der Waals surface area (Å²) in [5.41, 5.74) is 0.168. The Kier molecular flexibility index (Phi) is 7.16. The second kappa shape index (κ2) is 10.4. The van der Waals surface area contributed by atoms with Gasteiger partial charge < -0.3 is 20.4 Å². The molecule has 4 bridgehead atoms. The molecule has 1 amide bonds. The number of anilines is 1.